The molecule has 0 aliphatic heterocycles. The van der Waals surface area contributed by atoms with Crippen molar-refractivity contribution < 1.29 is 13.2 Å². The van der Waals surface area contributed by atoms with Crippen LogP contribution in [0.1, 0.15) is 12.1 Å². The SMILES string of the molecule is Cc1ccn(CCC(F)(F)F)n1. The number of halogens is 3. The van der Waals surface area contributed by atoms with Gasteiger partial charge in [0.1, 0.15) is 0 Å². The summed E-state index contributed by atoms with van der Waals surface area (Å²) in [4.78, 5) is 0. The minimum atomic E-state index is -4.10. The summed E-state index contributed by atoms with van der Waals surface area (Å²) in [5.74, 6) is 0. The van der Waals surface area contributed by atoms with E-state index in [1.54, 1.807) is 19.2 Å². The van der Waals surface area contributed by atoms with Crippen molar-refractivity contribution in [1.82, 2.24) is 9.78 Å². The molecule has 0 radical (unpaired) electrons. The number of aromatic nitrogens is 2. The van der Waals surface area contributed by atoms with Crippen LogP contribution in [0.5, 0.6) is 0 Å². The van der Waals surface area contributed by atoms with Crippen molar-refractivity contribution in [2.45, 2.75) is 26.1 Å². The van der Waals surface area contributed by atoms with E-state index in [9.17, 15) is 13.2 Å². The van der Waals surface area contributed by atoms with Crippen molar-refractivity contribution in [2.75, 3.05) is 0 Å². The molecule has 0 amide bonds. The Kier molecular flexibility index (Phi) is 2.40. The Morgan fingerprint density at radius 2 is 2.17 bits per heavy atom. The third kappa shape index (κ3) is 2.94. The normalized spacial score (nSPS) is 12.0. The van der Waals surface area contributed by atoms with Crippen LogP contribution >= 0.6 is 0 Å². The number of hydrogen-bond donors (Lipinski definition) is 0. The molecule has 1 rings (SSSR count). The summed E-state index contributed by atoms with van der Waals surface area (Å²) in [6, 6.07) is 1.68. The van der Waals surface area contributed by atoms with Gasteiger partial charge in [-0.3, -0.25) is 4.68 Å². The first-order valence-corrected chi connectivity index (χ1v) is 3.54. The second kappa shape index (κ2) is 3.16. The van der Waals surface area contributed by atoms with E-state index in [1.807, 2.05) is 0 Å². The standard InChI is InChI=1S/C7H9F3N2/c1-6-2-4-12(11-6)5-3-7(8,9)10/h2,4H,3,5H2,1H3. The zero-order valence-corrected chi connectivity index (χ0v) is 6.60. The van der Waals surface area contributed by atoms with Gasteiger partial charge in [-0.1, -0.05) is 0 Å². The first-order valence-electron chi connectivity index (χ1n) is 3.54. The molecule has 1 heterocycles. The van der Waals surface area contributed by atoms with Crippen LogP contribution in [0.2, 0.25) is 0 Å². The fraction of sp³-hybridized carbons (Fsp3) is 0.571. The first-order chi connectivity index (χ1) is 5.47. The zero-order valence-electron chi connectivity index (χ0n) is 6.60. The quantitative estimate of drug-likeness (QED) is 0.678. The maximum absolute atomic E-state index is 11.7. The van der Waals surface area contributed by atoms with Crippen LogP contribution in [0.4, 0.5) is 13.2 Å². The summed E-state index contributed by atoms with van der Waals surface area (Å²) in [6.45, 7) is 1.64. The number of aryl methyl sites for hydroxylation is 2. The van der Waals surface area contributed by atoms with Gasteiger partial charge in [-0.25, -0.2) is 0 Å². The lowest BCUT2D eigenvalue weighted by atomic mass is 10.4. The van der Waals surface area contributed by atoms with E-state index in [-0.39, 0.29) is 6.54 Å². The van der Waals surface area contributed by atoms with Crippen molar-refractivity contribution in [2.24, 2.45) is 0 Å². The highest BCUT2D eigenvalue weighted by atomic mass is 19.4. The van der Waals surface area contributed by atoms with Gasteiger partial charge in [-0.15, -0.1) is 0 Å². The molecule has 5 heteroatoms. The number of hydrogen-bond acceptors (Lipinski definition) is 1. The van der Waals surface area contributed by atoms with E-state index in [2.05, 4.69) is 5.10 Å². The Balaban J connectivity index is 2.44. The van der Waals surface area contributed by atoms with Gasteiger partial charge >= 0.3 is 6.18 Å². The van der Waals surface area contributed by atoms with Gasteiger partial charge in [-0.2, -0.15) is 18.3 Å². The molecule has 0 aliphatic carbocycles. The topological polar surface area (TPSA) is 17.8 Å². The van der Waals surface area contributed by atoms with Crippen molar-refractivity contribution in [3.05, 3.63) is 18.0 Å². The average Bonchev–Trinajstić information content (AvgIpc) is 2.30. The molecule has 0 spiro atoms. The molecule has 1 aromatic heterocycles. The van der Waals surface area contributed by atoms with Crippen LogP contribution in [0.3, 0.4) is 0 Å². The van der Waals surface area contributed by atoms with Gasteiger partial charge in [0.25, 0.3) is 0 Å². The fourth-order valence-corrected chi connectivity index (χ4v) is 0.829. The lowest BCUT2D eigenvalue weighted by Gasteiger charge is -2.05. The lowest BCUT2D eigenvalue weighted by molar-refractivity contribution is -0.137. The molecule has 68 valence electrons. The highest BCUT2D eigenvalue weighted by molar-refractivity contribution is 4.94. The fourth-order valence-electron chi connectivity index (χ4n) is 0.829. The molecule has 0 unspecified atom stereocenters. The average molecular weight is 178 g/mol. The maximum atomic E-state index is 11.7. The Morgan fingerprint density at radius 3 is 2.58 bits per heavy atom. The molecule has 0 aliphatic rings. The molecule has 0 saturated carbocycles. The molecule has 0 bridgehead atoms. The molecular weight excluding hydrogens is 169 g/mol. The second-order valence-corrected chi connectivity index (χ2v) is 2.59. The number of rotatable bonds is 2. The highest BCUT2D eigenvalue weighted by Gasteiger charge is 2.26. The maximum Gasteiger partial charge on any atom is 0.390 e. The van der Waals surface area contributed by atoms with Gasteiger partial charge in [0.2, 0.25) is 0 Å². The summed E-state index contributed by atoms with van der Waals surface area (Å²) < 4.78 is 36.4. The van der Waals surface area contributed by atoms with Crippen molar-refractivity contribution in [3.8, 4) is 0 Å². The third-order valence-corrected chi connectivity index (χ3v) is 1.40. The predicted octanol–water partition coefficient (Wildman–Crippen LogP) is 2.14. The second-order valence-electron chi connectivity index (χ2n) is 2.59. The molecule has 2 nitrogen and oxygen atoms in total. The monoisotopic (exact) mass is 178 g/mol. The molecule has 0 atom stereocenters. The largest absolute Gasteiger partial charge is 0.390 e. The Morgan fingerprint density at radius 1 is 1.50 bits per heavy atom. The van der Waals surface area contributed by atoms with Crippen LogP contribution in [-0.4, -0.2) is 16.0 Å². The van der Waals surface area contributed by atoms with E-state index in [0.29, 0.717) is 0 Å². The molecule has 0 N–H and O–H groups in total. The molecular formula is C7H9F3N2. The summed E-state index contributed by atoms with van der Waals surface area (Å²) in [7, 11) is 0. The molecule has 0 aromatic carbocycles. The number of alkyl halides is 3. The van der Waals surface area contributed by atoms with E-state index in [4.69, 9.17) is 0 Å². The summed E-state index contributed by atoms with van der Waals surface area (Å²) in [6.07, 6.45) is -3.38. The number of nitrogens with zero attached hydrogens (tertiary/aromatic N) is 2. The lowest BCUT2D eigenvalue weighted by Crippen LogP contribution is -2.12. The minimum Gasteiger partial charge on any atom is -0.272 e. The van der Waals surface area contributed by atoms with E-state index in [1.165, 1.54) is 4.68 Å². The van der Waals surface area contributed by atoms with Crippen LogP contribution < -0.4 is 0 Å². The Labute approximate surface area is 68.0 Å². The van der Waals surface area contributed by atoms with Crippen LogP contribution in [-0.2, 0) is 6.54 Å². The van der Waals surface area contributed by atoms with Crippen LogP contribution in [0.15, 0.2) is 12.3 Å². The molecule has 0 saturated heterocycles. The zero-order chi connectivity index (χ0) is 9.19. The van der Waals surface area contributed by atoms with Gasteiger partial charge in [-0.05, 0) is 13.0 Å². The van der Waals surface area contributed by atoms with Crippen molar-refractivity contribution in [3.63, 3.8) is 0 Å². The summed E-state index contributed by atoms with van der Waals surface area (Å²) in [5.41, 5.74) is 0.733. The summed E-state index contributed by atoms with van der Waals surface area (Å²) >= 11 is 0. The smallest absolute Gasteiger partial charge is 0.272 e. The highest BCUT2D eigenvalue weighted by Crippen LogP contribution is 2.19. The van der Waals surface area contributed by atoms with E-state index >= 15 is 0 Å². The van der Waals surface area contributed by atoms with Crippen LogP contribution in [0, 0.1) is 6.92 Å². The molecule has 1 aromatic rings. The Bertz CT molecular complexity index is 251. The third-order valence-electron chi connectivity index (χ3n) is 1.40. The molecule has 12 heavy (non-hydrogen) atoms. The molecule has 0 fully saturated rings. The van der Waals surface area contributed by atoms with Crippen molar-refractivity contribution in [1.29, 1.82) is 0 Å². The van der Waals surface area contributed by atoms with Gasteiger partial charge in [0.15, 0.2) is 0 Å². The Hall–Kier alpha value is -1.00. The summed E-state index contributed by atoms with van der Waals surface area (Å²) in [5, 5.41) is 3.83. The predicted molar refractivity (Wildman–Crippen MR) is 37.6 cm³/mol. The van der Waals surface area contributed by atoms with Gasteiger partial charge in [0.05, 0.1) is 12.1 Å². The van der Waals surface area contributed by atoms with Crippen molar-refractivity contribution >= 4 is 0 Å². The minimum absolute atomic E-state index is 0.0999. The van der Waals surface area contributed by atoms with E-state index < -0.39 is 12.6 Å². The van der Waals surface area contributed by atoms with Gasteiger partial charge in [0, 0.05) is 12.7 Å². The van der Waals surface area contributed by atoms with E-state index in [0.717, 1.165) is 5.69 Å². The van der Waals surface area contributed by atoms with Crippen LogP contribution in [0.25, 0.3) is 0 Å². The first kappa shape index (κ1) is 9.09. The van der Waals surface area contributed by atoms with Gasteiger partial charge < -0.3 is 0 Å².